The van der Waals surface area contributed by atoms with Gasteiger partial charge in [-0.15, -0.1) is 0 Å². The van der Waals surface area contributed by atoms with Crippen molar-refractivity contribution in [1.82, 2.24) is 0 Å². The lowest BCUT2D eigenvalue weighted by Crippen LogP contribution is -1.51. The summed E-state index contributed by atoms with van der Waals surface area (Å²) in [5.74, 6) is 0. The van der Waals surface area contributed by atoms with Crippen molar-refractivity contribution in [3.8, 4) is 0 Å². The number of hydrogen-bond acceptors (Lipinski definition) is 0. The first kappa shape index (κ1) is 8.96. The van der Waals surface area contributed by atoms with E-state index in [2.05, 4.69) is 19.6 Å². The minimum atomic E-state index is 1.09. The molecule has 0 unspecified atom stereocenters. The summed E-state index contributed by atoms with van der Waals surface area (Å²) in [6.07, 6.45) is 14.8. The SMILES string of the molecule is C=CC=CC=C/C=C\CC. The highest BCUT2D eigenvalue weighted by Gasteiger charge is 1.61. The lowest BCUT2D eigenvalue weighted by atomic mass is 10.3. The van der Waals surface area contributed by atoms with Gasteiger partial charge in [0, 0.05) is 0 Å². The maximum absolute atomic E-state index is 3.56. The van der Waals surface area contributed by atoms with E-state index in [0.29, 0.717) is 0 Å². The van der Waals surface area contributed by atoms with Crippen molar-refractivity contribution in [2.45, 2.75) is 13.3 Å². The Kier molecular flexibility index (Phi) is 7.13. The summed E-state index contributed by atoms with van der Waals surface area (Å²) in [7, 11) is 0. The molecule has 54 valence electrons. The van der Waals surface area contributed by atoms with Crippen molar-refractivity contribution in [1.29, 1.82) is 0 Å². The molecular weight excluding hydrogens is 120 g/mol. The smallest absolute Gasteiger partial charge is 0.0376 e. The molecule has 0 atom stereocenters. The molecule has 0 aromatic rings. The summed E-state index contributed by atoms with van der Waals surface area (Å²) < 4.78 is 0. The molecule has 10 heavy (non-hydrogen) atoms. The van der Waals surface area contributed by atoms with Crippen molar-refractivity contribution >= 4 is 0 Å². The molecule has 0 amide bonds. The zero-order valence-corrected chi connectivity index (χ0v) is 6.46. The van der Waals surface area contributed by atoms with Crippen LogP contribution in [0.25, 0.3) is 0 Å². The molecule has 0 heteroatoms. The second kappa shape index (κ2) is 7.96. The van der Waals surface area contributed by atoms with Gasteiger partial charge in [0.2, 0.25) is 0 Å². The first-order valence-electron chi connectivity index (χ1n) is 3.52. The van der Waals surface area contributed by atoms with Gasteiger partial charge in [-0.3, -0.25) is 0 Å². The molecule has 0 aromatic heterocycles. The average Bonchev–Trinajstić information content (AvgIpc) is 1.97. The fraction of sp³-hybridized carbons (Fsp3) is 0.200. The summed E-state index contributed by atoms with van der Waals surface area (Å²) in [6.45, 7) is 5.67. The maximum atomic E-state index is 3.56. The molecule has 0 aromatic carbocycles. The molecule has 0 bridgehead atoms. The predicted octanol–water partition coefficient (Wildman–Crippen LogP) is 3.25. The Bertz CT molecular complexity index is 147. The molecule has 0 saturated carbocycles. The minimum Gasteiger partial charge on any atom is -0.0991 e. The van der Waals surface area contributed by atoms with Crippen LogP contribution >= 0.6 is 0 Å². The Morgan fingerprint density at radius 1 is 1.00 bits per heavy atom. The van der Waals surface area contributed by atoms with Gasteiger partial charge >= 0.3 is 0 Å². The fourth-order valence-corrected chi connectivity index (χ4v) is 0.486. The molecule has 0 aliphatic heterocycles. The molecule has 0 spiro atoms. The van der Waals surface area contributed by atoms with Crippen LogP contribution in [0.15, 0.2) is 49.1 Å². The molecule has 0 radical (unpaired) electrons. The summed E-state index contributed by atoms with van der Waals surface area (Å²) >= 11 is 0. The Labute approximate surface area is 63.3 Å². The van der Waals surface area contributed by atoms with Gasteiger partial charge in [0.1, 0.15) is 0 Å². The molecule has 0 nitrogen and oxygen atoms in total. The Morgan fingerprint density at radius 3 is 2.20 bits per heavy atom. The number of hydrogen-bond donors (Lipinski definition) is 0. The third-order valence-electron chi connectivity index (χ3n) is 0.952. The highest BCUT2D eigenvalue weighted by atomic mass is 13.7. The normalized spacial score (nSPS) is 12.1. The minimum absolute atomic E-state index is 1.09. The summed E-state index contributed by atoms with van der Waals surface area (Å²) in [5, 5.41) is 0. The van der Waals surface area contributed by atoms with Crippen LogP contribution in [0.1, 0.15) is 13.3 Å². The largest absolute Gasteiger partial charge is 0.0991 e. The predicted molar refractivity (Wildman–Crippen MR) is 47.9 cm³/mol. The lowest BCUT2D eigenvalue weighted by Gasteiger charge is -1.73. The highest BCUT2D eigenvalue weighted by molar-refractivity contribution is 5.13. The first-order chi connectivity index (χ1) is 4.91. The van der Waals surface area contributed by atoms with Crippen molar-refractivity contribution in [2.75, 3.05) is 0 Å². The number of allylic oxidation sites excluding steroid dienone is 7. The first-order valence-corrected chi connectivity index (χ1v) is 3.52. The van der Waals surface area contributed by atoms with Gasteiger partial charge in [-0.2, -0.15) is 0 Å². The average molecular weight is 134 g/mol. The zero-order chi connectivity index (χ0) is 7.66. The zero-order valence-electron chi connectivity index (χ0n) is 6.46. The second-order valence-corrected chi connectivity index (χ2v) is 1.84. The molecule has 0 N–H and O–H groups in total. The monoisotopic (exact) mass is 134 g/mol. The van der Waals surface area contributed by atoms with Crippen LogP contribution in [-0.4, -0.2) is 0 Å². The maximum Gasteiger partial charge on any atom is -0.0376 e. The van der Waals surface area contributed by atoms with Gasteiger partial charge in [0.15, 0.2) is 0 Å². The molecule has 0 saturated heterocycles. The van der Waals surface area contributed by atoms with Crippen molar-refractivity contribution in [3.05, 3.63) is 49.1 Å². The van der Waals surface area contributed by atoms with Gasteiger partial charge in [-0.1, -0.05) is 56.0 Å². The molecule has 0 heterocycles. The van der Waals surface area contributed by atoms with E-state index in [1.165, 1.54) is 0 Å². The molecule has 0 aliphatic carbocycles. The van der Waals surface area contributed by atoms with E-state index < -0.39 is 0 Å². The van der Waals surface area contributed by atoms with E-state index in [0.717, 1.165) is 6.42 Å². The van der Waals surface area contributed by atoms with Gasteiger partial charge in [0.05, 0.1) is 0 Å². The topological polar surface area (TPSA) is 0 Å². The Balaban J connectivity index is 3.46. The van der Waals surface area contributed by atoms with Gasteiger partial charge in [0.25, 0.3) is 0 Å². The summed E-state index contributed by atoms with van der Waals surface area (Å²) in [6, 6.07) is 0. The molecule has 0 aliphatic rings. The van der Waals surface area contributed by atoms with E-state index >= 15 is 0 Å². The van der Waals surface area contributed by atoms with Crippen LogP contribution in [-0.2, 0) is 0 Å². The standard InChI is InChI=1S/C10H14/c1-3-5-7-9-10-8-6-4-2/h3,5-10H,1,4H2,2H3/b7-5?,8-6-,10-9?. The van der Waals surface area contributed by atoms with E-state index in [9.17, 15) is 0 Å². The van der Waals surface area contributed by atoms with Crippen molar-refractivity contribution < 1.29 is 0 Å². The lowest BCUT2D eigenvalue weighted by molar-refractivity contribution is 1.22. The van der Waals surface area contributed by atoms with E-state index in [4.69, 9.17) is 0 Å². The van der Waals surface area contributed by atoms with Crippen LogP contribution in [0.5, 0.6) is 0 Å². The van der Waals surface area contributed by atoms with E-state index in [1.807, 2.05) is 30.4 Å². The van der Waals surface area contributed by atoms with Crippen LogP contribution in [0.3, 0.4) is 0 Å². The van der Waals surface area contributed by atoms with Crippen molar-refractivity contribution in [3.63, 3.8) is 0 Å². The highest BCUT2D eigenvalue weighted by Crippen LogP contribution is 1.82. The Morgan fingerprint density at radius 2 is 1.60 bits per heavy atom. The number of rotatable bonds is 4. The fourth-order valence-electron chi connectivity index (χ4n) is 0.486. The molecule has 0 rings (SSSR count). The van der Waals surface area contributed by atoms with Crippen LogP contribution < -0.4 is 0 Å². The summed E-state index contributed by atoms with van der Waals surface area (Å²) in [4.78, 5) is 0. The Hall–Kier alpha value is -1.04. The van der Waals surface area contributed by atoms with E-state index in [-0.39, 0.29) is 0 Å². The van der Waals surface area contributed by atoms with Crippen LogP contribution in [0.4, 0.5) is 0 Å². The van der Waals surface area contributed by atoms with Gasteiger partial charge in [-0.25, -0.2) is 0 Å². The third-order valence-corrected chi connectivity index (χ3v) is 0.952. The summed E-state index contributed by atoms with van der Waals surface area (Å²) in [5.41, 5.74) is 0. The van der Waals surface area contributed by atoms with E-state index in [1.54, 1.807) is 6.08 Å². The van der Waals surface area contributed by atoms with Gasteiger partial charge in [-0.05, 0) is 6.42 Å². The molecule has 0 fully saturated rings. The third kappa shape index (κ3) is 6.96. The van der Waals surface area contributed by atoms with Crippen molar-refractivity contribution in [2.24, 2.45) is 0 Å². The molecular formula is C10H14. The quantitative estimate of drug-likeness (QED) is 0.518. The van der Waals surface area contributed by atoms with Crippen LogP contribution in [0, 0.1) is 0 Å². The van der Waals surface area contributed by atoms with Crippen LogP contribution in [0.2, 0.25) is 0 Å². The van der Waals surface area contributed by atoms with Gasteiger partial charge < -0.3 is 0 Å². The second-order valence-electron chi connectivity index (χ2n) is 1.84.